The summed E-state index contributed by atoms with van der Waals surface area (Å²) >= 11 is 0. The normalized spacial score (nSPS) is 18.6. The third kappa shape index (κ3) is 6.08. The van der Waals surface area contributed by atoms with Gasteiger partial charge in [0, 0.05) is 12.5 Å². The van der Waals surface area contributed by atoms with E-state index in [4.69, 9.17) is 4.74 Å². The number of hydrogen-bond donors (Lipinski definition) is 1. The minimum absolute atomic E-state index is 0.129. The minimum Gasteiger partial charge on any atom is -0.444 e. The zero-order valence-corrected chi connectivity index (χ0v) is 12.8. The predicted octanol–water partition coefficient (Wildman–Crippen LogP) is 3.30. The van der Waals surface area contributed by atoms with Gasteiger partial charge in [-0.05, 0) is 58.8 Å². The van der Waals surface area contributed by atoms with Gasteiger partial charge in [-0.15, -0.1) is 0 Å². The largest absolute Gasteiger partial charge is 0.444 e. The third-order valence-electron chi connectivity index (χ3n) is 3.71. The number of carbonyl (C=O) groups excluding carboxylic acids is 2. The first-order valence-corrected chi connectivity index (χ1v) is 7.11. The first-order chi connectivity index (χ1) is 8.64. The standard InChI is InChI=1S/C15H27NO3/c1-11(12(2)17)10-15(6-7-15)8-9-16-13(18)19-14(3,4)5/h11H,6-10H2,1-5H3,(H,16,18). The Morgan fingerprint density at radius 3 is 2.32 bits per heavy atom. The molecule has 1 atom stereocenters. The second-order valence-corrected chi connectivity index (χ2v) is 6.89. The molecule has 0 aromatic rings. The first kappa shape index (κ1) is 16.0. The van der Waals surface area contributed by atoms with Crippen LogP contribution in [0.4, 0.5) is 4.79 Å². The van der Waals surface area contributed by atoms with E-state index in [0.29, 0.717) is 6.54 Å². The molecule has 0 heterocycles. The molecule has 1 aliphatic rings. The highest BCUT2D eigenvalue weighted by atomic mass is 16.6. The van der Waals surface area contributed by atoms with Crippen LogP contribution in [0.5, 0.6) is 0 Å². The Hall–Kier alpha value is -1.06. The van der Waals surface area contributed by atoms with Crippen LogP contribution >= 0.6 is 0 Å². The average molecular weight is 269 g/mol. The fraction of sp³-hybridized carbons (Fsp3) is 0.867. The Kier molecular flexibility index (Phi) is 4.99. The van der Waals surface area contributed by atoms with Crippen LogP contribution in [-0.2, 0) is 9.53 Å². The van der Waals surface area contributed by atoms with Gasteiger partial charge >= 0.3 is 6.09 Å². The summed E-state index contributed by atoms with van der Waals surface area (Å²) in [6.45, 7) is 9.82. The number of ether oxygens (including phenoxy) is 1. The fourth-order valence-corrected chi connectivity index (χ4v) is 2.27. The van der Waals surface area contributed by atoms with Gasteiger partial charge in [0.15, 0.2) is 0 Å². The molecule has 1 N–H and O–H groups in total. The molecule has 0 saturated heterocycles. The molecule has 0 aliphatic heterocycles. The summed E-state index contributed by atoms with van der Waals surface area (Å²) in [6, 6.07) is 0. The number of ketones is 1. The molecule has 19 heavy (non-hydrogen) atoms. The Labute approximate surface area is 116 Å². The van der Waals surface area contributed by atoms with Crippen LogP contribution in [0.1, 0.15) is 60.3 Å². The summed E-state index contributed by atoms with van der Waals surface area (Å²) in [4.78, 5) is 22.8. The quantitative estimate of drug-likeness (QED) is 0.805. The minimum atomic E-state index is -0.454. The van der Waals surface area contributed by atoms with Crippen LogP contribution in [0.25, 0.3) is 0 Å². The molecule has 1 unspecified atom stereocenters. The smallest absolute Gasteiger partial charge is 0.407 e. The van der Waals surface area contributed by atoms with Crippen LogP contribution in [0.2, 0.25) is 0 Å². The lowest BCUT2D eigenvalue weighted by atomic mass is 9.88. The van der Waals surface area contributed by atoms with E-state index in [2.05, 4.69) is 5.32 Å². The molecule has 1 amide bonds. The first-order valence-electron chi connectivity index (χ1n) is 7.11. The van der Waals surface area contributed by atoms with Gasteiger partial charge in [-0.2, -0.15) is 0 Å². The van der Waals surface area contributed by atoms with Gasteiger partial charge in [-0.1, -0.05) is 6.92 Å². The molecule has 4 nitrogen and oxygen atoms in total. The van der Waals surface area contributed by atoms with E-state index < -0.39 is 5.60 Å². The van der Waals surface area contributed by atoms with E-state index in [1.807, 2.05) is 27.7 Å². The lowest BCUT2D eigenvalue weighted by Gasteiger charge is -2.21. The summed E-state index contributed by atoms with van der Waals surface area (Å²) < 4.78 is 5.19. The van der Waals surface area contributed by atoms with Crippen molar-refractivity contribution in [1.29, 1.82) is 0 Å². The summed E-state index contributed by atoms with van der Waals surface area (Å²) in [5.41, 5.74) is -0.176. The van der Waals surface area contributed by atoms with Gasteiger partial charge in [0.1, 0.15) is 11.4 Å². The molecular weight excluding hydrogens is 242 g/mol. The van der Waals surface area contributed by atoms with Crippen molar-refractivity contribution in [2.45, 2.75) is 65.9 Å². The topological polar surface area (TPSA) is 55.4 Å². The highest BCUT2D eigenvalue weighted by molar-refractivity contribution is 5.77. The SMILES string of the molecule is CC(=O)C(C)CC1(CCNC(=O)OC(C)(C)C)CC1. The van der Waals surface area contributed by atoms with Gasteiger partial charge in [-0.25, -0.2) is 4.79 Å². The van der Waals surface area contributed by atoms with E-state index in [-0.39, 0.29) is 23.2 Å². The molecule has 0 aromatic carbocycles. The Balaban J connectivity index is 2.26. The number of alkyl carbamates (subject to hydrolysis) is 1. The number of nitrogens with one attached hydrogen (secondary N) is 1. The van der Waals surface area contributed by atoms with Crippen molar-refractivity contribution in [1.82, 2.24) is 5.32 Å². The molecule has 0 bridgehead atoms. The molecule has 4 heteroatoms. The second kappa shape index (κ2) is 5.93. The zero-order valence-electron chi connectivity index (χ0n) is 12.8. The van der Waals surface area contributed by atoms with Crippen molar-refractivity contribution in [2.24, 2.45) is 11.3 Å². The predicted molar refractivity (Wildman–Crippen MR) is 75.0 cm³/mol. The number of Topliss-reactive ketones (excluding diaryl/α,β-unsaturated/α-hetero) is 1. The summed E-state index contributed by atoms with van der Waals surface area (Å²) in [7, 11) is 0. The van der Waals surface area contributed by atoms with Crippen molar-refractivity contribution >= 4 is 11.9 Å². The van der Waals surface area contributed by atoms with Gasteiger partial charge in [0.25, 0.3) is 0 Å². The van der Waals surface area contributed by atoms with Gasteiger partial charge in [0.05, 0.1) is 0 Å². The maximum absolute atomic E-state index is 11.5. The lowest BCUT2D eigenvalue weighted by molar-refractivity contribution is -0.120. The van der Waals surface area contributed by atoms with E-state index >= 15 is 0 Å². The molecule has 0 radical (unpaired) electrons. The molecule has 0 aromatic heterocycles. The van der Waals surface area contributed by atoms with Crippen molar-refractivity contribution in [2.75, 3.05) is 6.54 Å². The van der Waals surface area contributed by atoms with E-state index in [9.17, 15) is 9.59 Å². The molecule has 1 aliphatic carbocycles. The van der Waals surface area contributed by atoms with Crippen LogP contribution in [-0.4, -0.2) is 24.0 Å². The Bertz CT molecular complexity index is 340. The van der Waals surface area contributed by atoms with Crippen molar-refractivity contribution in [3.05, 3.63) is 0 Å². The van der Waals surface area contributed by atoms with Crippen LogP contribution < -0.4 is 5.32 Å². The van der Waals surface area contributed by atoms with Crippen LogP contribution in [0, 0.1) is 11.3 Å². The van der Waals surface area contributed by atoms with Crippen molar-refractivity contribution < 1.29 is 14.3 Å². The van der Waals surface area contributed by atoms with Crippen molar-refractivity contribution in [3.8, 4) is 0 Å². The van der Waals surface area contributed by atoms with Gasteiger partial charge < -0.3 is 10.1 Å². The molecule has 110 valence electrons. The Morgan fingerprint density at radius 1 is 1.32 bits per heavy atom. The molecule has 0 spiro atoms. The van der Waals surface area contributed by atoms with E-state index in [1.165, 1.54) is 12.8 Å². The van der Waals surface area contributed by atoms with E-state index in [0.717, 1.165) is 12.8 Å². The summed E-state index contributed by atoms with van der Waals surface area (Å²) in [5.74, 6) is 0.385. The highest BCUT2D eigenvalue weighted by Gasteiger charge is 2.43. The van der Waals surface area contributed by atoms with Gasteiger partial charge in [0.2, 0.25) is 0 Å². The van der Waals surface area contributed by atoms with Crippen molar-refractivity contribution in [3.63, 3.8) is 0 Å². The monoisotopic (exact) mass is 269 g/mol. The lowest BCUT2D eigenvalue weighted by Crippen LogP contribution is -2.33. The molecule has 1 fully saturated rings. The number of rotatable bonds is 6. The number of hydrogen-bond acceptors (Lipinski definition) is 3. The Morgan fingerprint density at radius 2 is 1.89 bits per heavy atom. The molecule has 1 saturated carbocycles. The number of carbonyl (C=O) groups is 2. The maximum Gasteiger partial charge on any atom is 0.407 e. The van der Waals surface area contributed by atoms with Gasteiger partial charge in [-0.3, -0.25) is 4.79 Å². The maximum atomic E-state index is 11.5. The average Bonchev–Trinajstić information content (AvgIpc) is 2.95. The molecule has 1 rings (SSSR count). The van der Waals surface area contributed by atoms with Crippen LogP contribution in [0.15, 0.2) is 0 Å². The summed E-state index contributed by atoms with van der Waals surface area (Å²) in [5, 5.41) is 2.79. The van der Waals surface area contributed by atoms with E-state index in [1.54, 1.807) is 6.92 Å². The second-order valence-electron chi connectivity index (χ2n) is 6.89. The zero-order chi connectivity index (χ0) is 14.7. The summed E-state index contributed by atoms with van der Waals surface area (Å²) in [6.07, 6.45) is 3.85. The number of amides is 1. The van der Waals surface area contributed by atoms with Crippen LogP contribution in [0.3, 0.4) is 0 Å². The molecular formula is C15H27NO3. The third-order valence-corrected chi connectivity index (χ3v) is 3.71. The highest BCUT2D eigenvalue weighted by Crippen LogP contribution is 2.53. The fourth-order valence-electron chi connectivity index (χ4n) is 2.27.